The van der Waals surface area contributed by atoms with E-state index in [0.717, 1.165) is 12.1 Å². The Balaban J connectivity index is 2.45. The lowest BCUT2D eigenvalue weighted by molar-refractivity contribution is -0.137. The number of ketones is 1. The van der Waals surface area contributed by atoms with Gasteiger partial charge in [-0.15, -0.1) is 11.3 Å². The normalized spacial score (nSPS) is 11.7. The standard InChI is InChI=1S/C14H10ClF3OS/c1-2-11(19)13-4-3-12(20-13)8-5-9(14(16,17)18)7-10(15)6-8/h3-7H,2H2,1H3. The highest BCUT2D eigenvalue weighted by Crippen LogP contribution is 2.36. The molecule has 0 atom stereocenters. The topological polar surface area (TPSA) is 17.1 Å². The number of carbonyl (C=O) groups is 1. The second kappa shape index (κ2) is 5.58. The highest BCUT2D eigenvalue weighted by atomic mass is 35.5. The molecular formula is C14H10ClF3OS. The minimum atomic E-state index is -4.45. The van der Waals surface area contributed by atoms with Crippen LogP contribution in [0, 0.1) is 0 Å². The predicted octanol–water partition coefficient (Wildman–Crippen LogP) is 5.68. The largest absolute Gasteiger partial charge is 0.416 e. The number of Topliss-reactive ketones (excluding diaryl/α,β-unsaturated/α-hetero) is 1. The number of thiophene rings is 1. The molecule has 0 N–H and O–H groups in total. The van der Waals surface area contributed by atoms with Crippen LogP contribution >= 0.6 is 22.9 Å². The summed E-state index contributed by atoms with van der Waals surface area (Å²) >= 11 is 6.91. The monoisotopic (exact) mass is 318 g/mol. The van der Waals surface area contributed by atoms with Crippen molar-refractivity contribution in [1.29, 1.82) is 0 Å². The molecule has 0 aliphatic heterocycles. The van der Waals surface area contributed by atoms with Crippen molar-refractivity contribution in [1.82, 2.24) is 0 Å². The highest BCUT2D eigenvalue weighted by Gasteiger charge is 2.31. The van der Waals surface area contributed by atoms with Crippen LogP contribution in [-0.4, -0.2) is 5.78 Å². The van der Waals surface area contributed by atoms with Gasteiger partial charge in [-0.3, -0.25) is 4.79 Å². The van der Waals surface area contributed by atoms with Crippen LogP contribution in [0.5, 0.6) is 0 Å². The Morgan fingerprint density at radius 2 is 1.95 bits per heavy atom. The van der Waals surface area contributed by atoms with Crippen molar-refractivity contribution in [2.45, 2.75) is 19.5 Å². The average Bonchev–Trinajstić information content (AvgIpc) is 2.85. The summed E-state index contributed by atoms with van der Waals surface area (Å²) in [7, 11) is 0. The molecule has 0 spiro atoms. The van der Waals surface area contributed by atoms with Gasteiger partial charge in [-0.05, 0) is 35.9 Å². The summed E-state index contributed by atoms with van der Waals surface area (Å²) in [5, 5.41) is 0.0200. The van der Waals surface area contributed by atoms with Gasteiger partial charge in [0.25, 0.3) is 0 Å². The number of rotatable bonds is 3. The molecule has 0 saturated heterocycles. The molecule has 1 aromatic heterocycles. The fourth-order valence-electron chi connectivity index (χ4n) is 1.71. The predicted molar refractivity (Wildman–Crippen MR) is 74.4 cm³/mol. The van der Waals surface area contributed by atoms with E-state index in [4.69, 9.17) is 11.6 Å². The Morgan fingerprint density at radius 1 is 1.25 bits per heavy atom. The van der Waals surface area contributed by atoms with Crippen LogP contribution in [0.25, 0.3) is 10.4 Å². The van der Waals surface area contributed by atoms with Gasteiger partial charge in [-0.25, -0.2) is 0 Å². The Morgan fingerprint density at radius 3 is 2.55 bits per heavy atom. The van der Waals surface area contributed by atoms with Gasteiger partial charge in [-0.1, -0.05) is 18.5 Å². The molecule has 0 aliphatic rings. The highest BCUT2D eigenvalue weighted by molar-refractivity contribution is 7.17. The SMILES string of the molecule is CCC(=O)c1ccc(-c2cc(Cl)cc(C(F)(F)F)c2)s1. The maximum Gasteiger partial charge on any atom is 0.416 e. The van der Waals surface area contributed by atoms with Gasteiger partial charge in [0, 0.05) is 16.3 Å². The summed E-state index contributed by atoms with van der Waals surface area (Å²) in [6, 6.07) is 6.65. The number of hydrogen-bond donors (Lipinski definition) is 0. The van der Waals surface area contributed by atoms with Crippen molar-refractivity contribution in [2.75, 3.05) is 0 Å². The average molecular weight is 319 g/mol. The van der Waals surface area contributed by atoms with Crippen molar-refractivity contribution in [2.24, 2.45) is 0 Å². The molecule has 0 unspecified atom stereocenters. The summed E-state index contributed by atoms with van der Waals surface area (Å²) in [5.74, 6) is -0.0284. The summed E-state index contributed by atoms with van der Waals surface area (Å²) in [5.41, 5.74) is -0.429. The molecule has 0 fully saturated rings. The van der Waals surface area contributed by atoms with Gasteiger partial charge < -0.3 is 0 Å². The Hall–Kier alpha value is -1.33. The molecule has 1 aromatic carbocycles. The summed E-state index contributed by atoms with van der Waals surface area (Å²) in [4.78, 5) is 12.7. The van der Waals surface area contributed by atoms with E-state index in [1.807, 2.05) is 0 Å². The second-order valence-electron chi connectivity index (χ2n) is 4.17. The van der Waals surface area contributed by atoms with E-state index in [1.165, 1.54) is 17.4 Å². The van der Waals surface area contributed by atoms with E-state index < -0.39 is 11.7 Å². The molecule has 0 amide bonds. The molecule has 1 heterocycles. The Kier molecular flexibility index (Phi) is 4.20. The van der Waals surface area contributed by atoms with Crippen molar-refractivity contribution < 1.29 is 18.0 Å². The third-order valence-electron chi connectivity index (χ3n) is 2.71. The van der Waals surface area contributed by atoms with E-state index in [2.05, 4.69) is 0 Å². The first kappa shape index (κ1) is 15.1. The van der Waals surface area contributed by atoms with Gasteiger partial charge in [0.05, 0.1) is 10.4 Å². The third kappa shape index (κ3) is 3.22. The number of hydrogen-bond acceptors (Lipinski definition) is 2. The summed E-state index contributed by atoms with van der Waals surface area (Å²) < 4.78 is 38.2. The van der Waals surface area contributed by atoms with Crippen LogP contribution in [0.2, 0.25) is 5.02 Å². The zero-order valence-electron chi connectivity index (χ0n) is 10.4. The van der Waals surface area contributed by atoms with Gasteiger partial charge >= 0.3 is 6.18 Å². The van der Waals surface area contributed by atoms with Crippen LogP contribution in [0.3, 0.4) is 0 Å². The van der Waals surface area contributed by atoms with Crippen LogP contribution in [0.4, 0.5) is 13.2 Å². The maximum absolute atomic E-state index is 12.7. The van der Waals surface area contributed by atoms with E-state index in [1.54, 1.807) is 19.1 Å². The molecule has 0 radical (unpaired) electrons. The minimum absolute atomic E-state index is 0.0200. The number of carbonyl (C=O) groups excluding carboxylic acids is 1. The van der Waals surface area contributed by atoms with Crippen LogP contribution in [-0.2, 0) is 6.18 Å². The van der Waals surface area contributed by atoms with Crippen molar-refractivity contribution in [3.63, 3.8) is 0 Å². The zero-order valence-corrected chi connectivity index (χ0v) is 12.0. The van der Waals surface area contributed by atoms with Crippen molar-refractivity contribution >= 4 is 28.7 Å². The van der Waals surface area contributed by atoms with Gasteiger partial charge in [0.15, 0.2) is 5.78 Å². The molecule has 1 nitrogen and oxygen atoms in total. The van der Waals surface area contributed by atoms with Crippen molar-refractivity contribution in [3.05, 3.63) is 45.8 Å². The number of benzene rings is 1. The maximum atomic E-state index is 12.7. The van der Waals surface area contributed by atoms with Gasteiger partial charge in [0.1, 0.15) is 0 Å². The molecule has 2 aromatic rings. The van der Waals surface area contributed by atoms with Gasteiger partial charge in [-0.2, -0.15) is 13.2 Å². The first-order valence-electron chi connectivity index (χ1n) is 5.82. The molecule has 0 aliphatic carbocycles. The lowest BCUT2D eigenvalue weighted by Crippen LogP contribution is -2.04. The second-order valence-corrected chi connectivity index (χ2v) is 5.69. The van der Waals surface area contributed by atoms with Crippen LogP contribution < -0.4 is 0 Å². The quantitative estimate of drug-likeness (QED) is 0.665. The first-order valence-corrected chi connectivity index (χ1v) is 7.02. The van der Waals surface area contributed by atoms with Gasteiger partial charge in [0.2, 0.25) is 0 Å². The van der Waals surface area contributed by atoms with E-state index >= 15 is 0 Å². The molecule has 0 saturated carbocycles. The van der Waals surface area contributed by atoms with E-state index in [0.29, 0.717) is 21.7 Å². The van der Waals surface area contributed by atoms with Crippen LogP contribution in [0.1, 0.15) is 28.6 Å². The molecule has 106 valence electrons. The van der Waals surface area contributed by atoms with Crippen LogP contribution in [0.15, 0.2) is 30.3 Å². The third-order valence-corrected chi connectivity index (χ3v) is 4.11. The molecule has 0 bridgehead atoms. The molecule has 6 heteroatoms. The zero-order chi connectivity index (χ0) is 14.9. The first-order chi connectivity index (χ1) is 9.31. The lowest BCUT2D eigenvalue weighted by atomic mass is 10.1. The summed E-state index contributed by atoms with van der Waals surface area (Å²) in [6.07, 6.45) is -4.08. The molecule has 20 heavy (non-hydrogen) atoms. The fraction of sp³-hybridized carbons (Fsp3) is 0.214. The Bertz CT molecular complexity index is 646. The lowest BCUT2D eigenvalue weighted by Gasteiger charge is -2.09. The van der Waals surface area contributed by atoms with E-state index in [-0.39, 0.29) is 10.8 Å². The smallest absolute Gasteiger partial charge is 0.293 e. The van der Waals surface area contributed by atoms with Crippen molar-refractivity contribution in [3.8, 4) is 10.4 Å². The minimum Gasteiger partial charge on any atom is -0.293 e. The molecule has 2 rings (SSSR count). The summed E-state index contributed by atoms with van der Waals surface area (Å²) in [6.45, 7) is 1.74. The number of halogens is 4. The fourth-order valence-corrected chi connectivity index (χ4v) is 2.95. The Labute approximate surface area is 123 Å². The van der Waals surface area contributed by atoms with E-state index in [9.17, 15) is 18.0 Å². The number of alkyl halides is 3. The molecular weight excluding hydrogens is 309 g/mol.